The summed E-state index contributed by atoms with van der Waals surface area (Å²) in [6.07, 6.45) is 0.126. The number of amides is 1. The molecule has 1 heterocycles. The van der Waals surface area contributed by atoms with Gasteiger partial charge in [0.25, 0.3) is 0 Å². The zero-order valence-electron chi connectivity index (χ0n) is 14.2. The molecule has 1 aliphatic rings. The predicted octanol–water partition coefficient (Wildman–Crippen LogP) is 3.21. The lowest BCUT2D eigenvalue weighted by Gasteiger charge is -2.34. The maximum atomic E-state index is 13.0. The number of piperazine rings is 1. The number of carbonyl (C=O) groups is 1. The van der Waals surface area contributed by atoms with E-state index in [1.54, 1.807) is 23.1 Å². The van der Waals surface area contributed by atoms with Crippen LogP contribution in [0.1, 0.15) is 5.56 Å². The maximum absolute atomic E-state index is 13.0. The molecule has 0 aliphatic carbocycles. The summed E-state index contributed by atoms with van der Waals surface area (Å²) in [6.45, 7) is 0.925. The molecule has 0 unspecified atom stereocenters. The zero-order chi connectivity index (χ0) is 19.6. The Kier molecular flexibility index (Phi) is 6.05. The molecule has 1 saturated heterocycles. The van der Waals surface area contributed by atoms with Gasteiger partial charge in [-0.2, -0.15) is 4.31 Å². The number of benzene rings is 2. The van der Waals surface area contributed by atoms with Crippen LogP contribution in [-0.4, -0.2) is 49.7 Å². The van der Waals surface area contributed by atoms with E-state index in [2.05, 4.69) is 0 Å². The van der Waals surface area contributed by atoms with Crippen molar-refractivity contribution >= 4 is 39.1 Å². The molecule has 9 heteroatoms. The van der Waals surface area contributed by atoms with Crippen LogP contribution in [0.5, 0.6) is 0 Å². The fraction of sp³-hybridized carbons (Fsp3) is 0.278. The molecule has 0 radical (unpaired) electrons. The Morgan fingerprint density at radius 1 is 1.00 bits per heavy atom. The van der Waals surface area contributed by atoms with Crippen LogP contribution < -0.4 is 0 Å². The SMILES string of the molecule is O=C(Cc1ccc(Cl)cc1Cl)N1CCN(S(=O)(=O)c2ccc(F)cc2)CC1. The van der Waals surface area contributed by atoms with E-state index in [9.17, 15) is 17.6 Å². The fourth-order valence-electron chi connectivity index (χ4n) is 2.87. The number of sulfonamides is 1. The van der Waals surface area contributed by atoms with E-state index in [0.29, 0.717) is 15.6 Å². The van der Waals surface area contributed by atoms with E-state index >= 15 is 0 Å². The first-order valence-electron chi connectivity index (χ1n) is 8.25. The number of carbonyl (C=O) groups excluding carboxylic acids is 1. The molecule has 0 spiro atoms. The minimum atomic E-state index is -3.71. The van der Waals surface area contributed by atoms with Gasteiger partial charge in [-0.3, -0.25) is 4.79 Å². The van der Waals surface area contributed by atoms with Crippen molar-refractivity contribution in [2.75, 3.05) is 26.2 Å². The molecule has 2 aromatic carbocycles. The van der Waals surface area contributed by atoms with E-state index in [0.717, 1.165) is 12.1 Å². The normalized spacial score (nSPS) is 15.7. The minimum Gasteiger partial charge on any atom is -0.340 e. The summed E-state index contributed by atoms with van der Waals surface area (Å²) in [5, 5.41) is 0.921. The average molecular weight is 431 g/mol. The van der Waals surface area contributed by atoms with Crippen molar-refractivity contribution in [1.82, 2.24) is 9.21 Å². The molecule has 0 saturated carbocycles. The first-order chi connectivity index (χ1) is 12.8. The van der Waals surface area contributed by atoms with E-state index in [-0.39, 0.29) is 43.4 Å². The Hall–Kier alpha value is -1.67. The molecule has 1 aliphatic heterocycles. The van der Waals surface area contributed by atoms with Crippen molar-refractivity contribution in [2.24, 2.45) is 0 Å². The van der Waals surface area contributed by atoms with Gasteiger partial charge < -0.3 is 4.90 Å². The van der Waals surface area contributed by atoms with Gasteiger partial charge in [0.1, 0.15) is 5.82 Å². The van der Waals surface area contributed by atoms with Crippen LogP contribution in [0.15, 0.2) is 47.4 Å². The molecule has 0 atom stereocenters. The second-order valence-corrected chi connectivity index (χ2v) is 8.93. The summed E-state index contributed by atoms with van der Waals surface area (Å²) in [5.41, 5.74) is 0.674. The standard InChI is InChI=1S/C18H17Cl2FN2O3S/c19-14-2-1-13(17(20)12-14)11-18(24)22-7-9-23(10-8-22)27(25,26)16-5-3-15(21)4-6-16/h1-6,12H,7-11H2. The van der Waals surface area contributed by atoms with Crippen LogP contribution in [0, 0.1) is 5.82 Å². The molecule has 3 rings (SSSR count). The van der Waals surface area contributed by atoms with Crippen LogP contribution in [0.2, 0.25) is 10.0 Å². The van der Waals surface area contributed by atoms with Crippen molar-refractivity contribution in [2.45, 2.75) is 11.3 Å². The lowest BCUT2D eigenvalue weighted by Crippen LogP contribution is -2.50. The van der Waals surface area contributed by atoms with Gasteiger partial charge in [-0.1, -0.05) is 29.3 Å². The number of hydrogen-bond donors (Lipinski definition) is 0. The molecule has 1 amide bonds. The highest BCUT2D eigenvalue weighted by molar-refractivity contribution is 7.89. The highest BCUT2D eigenvalue weighted by Gasteiger charge is 2.30. The second kappa shape index (κ2) is 8.14. The minimum absolute atomic E-state index is 0.0385. The van der Waals surface area contributed by atoms with Crippen molar-refractivity contribution < 1.29 is 17.6 Å². The monoisotopic (exact) mass is 430 g/mol. The van der Waals surface area contributed by atoms with Gasteiger partial charge >= 0.3 is 0 Å². The number of nitrogens with zero attached hydrogens (tertiary/aromatic N) is 2. The average Bonchev–Trinajstić information content (AvgIpc) is 2.64. The first-order valence-corrected chi connectivity index (χ1v) is 10.4. The van der Waals surface area contributed by atoms with Crippen molar-refractivity contribution in [3.8, 4) is 0 Å². The Balaban J connectivity index is 1.62. The van der Waals surface area contributed by atoms with Crippen LogP contribution in [0.3, 0.4) is 0 Å². The Labute approximate surface area is 167 Å². The summed E-state index contributed by atoms with van der Waals surface area (Å²) in [6, 6.07) is 9.67. The predicted molar refractivity (Wildman–Crippen MR) is 102 cm³/mol. The highest BCUT2D eigenvalue weighted by atomic mass is 35.5. The summed E-state index contributed by atoms with van der Waals surface area (Å²) >= 11 is 12.0. The summed E-state index contributed by atoms with van der Waals surface area (Å²) in [4.78, 5) is 14.1. The second-order valence-electron chi connectivity index (χ2n) is 6.15. The molecular weight excluding hydrogens is 414 g/mol. The molecule has 5 nitrogen and oxygen atoms in total. The van der Waals surface area contributed by atoms with Gasteiger partial charge in [0.2, 0.25) is 15.9 Å². The Bertz CT molecular complexity index is 944. The van der Waals surface area contributed by atoms with Gasteiger partial charge in [-0.15, -0.1) is 0 Å². The lowest BCUT2D eigenvalue weighted by molar-refractivity contribution is -0.131. The lowest BCUT2D eigenvalue weighted by atomic mass is 10.1. The van der Waals surface area contributed by atoms with Crippen LogP contribution in [-0.2, 0) is 21.2 Å². The van der Waals surface area contributed by atoms with Gasteiger partial charge in [-0.05, 0) is 42.0 Å². The highest BCUT2D eigenvalue weighted by Crippen LogP contribution is 2.23. The molecule has 1 fully saturated rings. The smallest absolute Gasteiger partial charge is 0.243 e. The maximum Gasteiger partial charge on any atom is 0.243 e. The topological polar surface area (TPSA) is 57.7 Å². The largest absolute Gasteiger partial charge is 0.340 e. The number of halogens is 3. The molecule has 0 N–H and O–H groups in total. The Morgan fingerprint density at radius 3 is 2.22 bits per heavy atom. The van der Waals surface area contributed by atoms with Crippen molar-refractivity contribution in [1.29, 1.82) is 0 Å². The molecule has 0 aromatic heterocycles. The van der Waals surface area contributed by atoms with E-state index in [4.69, 9.17) is 23.2 Å². The van der Waals surface area contributed by atoms with Gasteiger partial charge in [0, 0.05) is 36.2 Å². The molecule has 27 heavy (non-hydrogen) atoms. The molecule has 0 bridgehead atoms. The molecule has 2 aromatic rings. The van der Waals surface area contributed by atoms with Gasteiger partial charge in [0.15, 0.2) is 0 Å². The number of rotatable bonds is 4. The molecule has 144 valence electrons. The summed E-state index contributed by atoms with van der Waals surface area (Å²) < 4.78 is 39.5. The van der Waals surface area contributed by atoms with Gasteiger partial charge in [-0.25, -0.2) is 12.8 Å². The van der Waals surface area contributed by atoms with Crippen LogP contribution in [0.25, 0.3) is 0 Å². The fourth-order valence-corrected chi connectivity index (χ4v) is 4.77. The van der Waals surface area contributed by atoms with E-state index in [1.165, 1.54) is 16.4 Å². The molecular formula is C18H17Cl2FN2O3S. The quantitative estimate of drug-likeness (QED) is 0.747. The van der Waals surface area contributed by atoms with Gasteiger partial charge in [0.05, 0.1) is 11.3 Å². The van der Waals surface area contributed by atoms with Crippen molar-refractivity contribution in [3.05, 3.63) is 63.9 Å². The summed E-state index contributed by atoms with van der Waals surface area (Å²) in [7, 11) is -3.71. The van der Waals surface area contributed by atoms with Crippen LogP contribution in [0.4, 0.5) is 4.39 Å². The third kappa shape index (κ3) is 4.60. The number of hydrogen-bond acceptors (Lipinski definition) is 3. The first kappa shape index (κ1) is 20.1. The van der Waals surface area contributed by atoms with E-state index < -0.39 is 15.8 Å². The zero-order valence-corrected chi connectivity index (χ0v) is 16.6. The third-order valence-electron chi connectivity index (χ3n) is 4.40. The van der Waals surface area contributed by atoms with Crippen molar-refractivity contribution in [3.63, 3.8) is 0 Å². The summed E-state index contributed by atoms with van der Waals surface area (Å²) in [5.74, 6) is -0.622. The third-order valence-corrected chi connectivity index (χ3v) is 6.90. The Morgan fingerprint density at radius 2 is 1.63 bits per heavy atom. The van der Waals surface area contributed by atoms with Crippen LogP contribution >= 0.6 is 23.2 Å². The van der Waals surface area contributed by atoms with E-state index in [1.807, 2.05) is 0 Å².